The SMILES string of the molecule is CCc1ccc(N(C)c2cncc(C(=O)O)n2)cc1. The molecule has 98 valence electrons. The first kappa shape index (κ1) is 13.0. The molecule has 0 amide bonds. The fourth-order valence-electron chi connectivity index (χ4n) is 1.71. The van der Waals surface area contributed by atoms with E-state index in [1.807, 2.05) is 31.3 Å². The van der Waals surface area contributed by atoms with Crippen molar-refractivity contribution < 1.29 is 9.90 Å². The van der Waals surface area contributed by atoms with E-state index in [0.29, 0.717) is 5.82 Å². The van der Waals surface area contributed by atoms with Gasteiger partial charge in [-0.15, -0.1) is 0 Å². The molecule has 0 saturated carbocycles. The number of benzene rings is 1. The molecule has 2 rings (SSSR count). The average Bonchev–Trinajstić information content (AvgIpc) is 2.46. The van der Waals surface area contributed by atoms with E-state index in [9.17, 15) is 4.79 Å². The molecule has 5 heteroatoms. The number of carboxylic acids is 1. The zero-order valence-electron chi connectivity index (χ0n) is 10.9. The number of anilines is 2. The zero-order chi connectivity index (χ0) is 13.8. The predicted octanol–water partition coefficient (Wildman–Crippen LogP) is 2.51. The van der Waals surface area contributed by atoms with Crippen molar-refractivity contribution in [2.45, 2.75) is 13.3 Å². The number of hydrogen-bond donors (Lipinski definition) is 1. The number of nitrogens with zero attached hydrogens (tertiary/aromatic N) is 3. The van der Waals surface area contributed by atoms with Crippen molar-refractivity contribution in [1.29, 1.82) is 0 Å². The Morgan fingerprint density at radius 1 is 1.26 bits per heavy atom. The summed E-state index contributed by atoms with van der Waals surface area (Å²) in [6.07, 6.45) is 3.76. The van der Waals surface area contributed by atoms with Crippen LogP contribution in [0.1, 0.15) is 23.0 Å². The molecule has 1 aromatic carbocycles. The van der Waals surface area contributed by atoms with E-state index in [2.05, 4.69) is 16.9 Å². The van der Waals surface area contributed by atoms with Gasteiger partial charge >= 0.3 is 5.97 Å². The number of carboxylic acid groups (broad SMARTS) is 1. The molecule has 0 fully saturated rings. The van der Waals surface area contributed by atoms with Gasteiger partial charge in [0.2, 0.25) is 0 Å². The molecule has 1 aromatic heterocycles. The standard InChI is InChI=1S/C14H15N3O2/c1-3-10-4-6-11(7-5-10)17(2)13-9-15-8-12(16-13)14(18)19/h4-9H,3H2,1-2H3,(H,18,19). The highest BCUT2D eigenvalue weighted by Gasteiger charge is 2.10. The van der Waals surface area contributed by atoms with Gasteiger partial charge < -0.3 is 10.0 Å². The molecular formula is C14H15N3O2. The van der Waals surface area contributed by atoms with Crippen molar-refractivity contribution in [3.05, 3.63) is 47.9 Å². The number of aryl methyl sites for hydroxylation is 1. The minimum atomic E-state index is -1.08. The van der Waals surface area contributed by atoms with E-state index < -0.39 is 5.97 Å². The van der Waals surface area contributed by atoms with Gasteiger partial charge in [0, 0.05) is 12.7 Å². The summed E-state index contributed by atoms with van der Waals surface area (Å²) in [7, 11) is 1.83. The van der Waals surface area contributed by atoms with Gasteiger partial charge in [-0.1, -0.05) is 19.1 Å². The first-order valence-electron chi connectivity index (χ1n) is 6.00. The van der Waals surface area contributed by atoms with Crippen molar-refractivity contribution in [3.63, 3.8) is 0 Å². The van der Waals surface area contributed by atoms with Crippen LogP contribution < -0.4 is 4.90 Å². The topological polar surface area (TPSA) is 66.3 Å². The van der Waals surface area contributed by atoms with Crippen molar-refractivity contribution in [2.24, 2.45) is 0 Å². The second-order valence-corrected chi connectivity index (χ2v) is 4.15. The Bertz CT molecular complexity index is 581. The lowest BCUT2D eigenvalue weighted by Crippen LogP contribution is -2.13. The Morgan fingerprint density at radius 2 is 1.95 bits per heavy atom. The summed E-state index contributed by atoms with van der Waals surface area (Å²) in [4.78, 5) is 20.6. The minimum absolute atomic E-state index is 0.0606. The van der Waals surface area contributed by atoms with Gasteiger partial charge in [0.05, 0.1) is 12.4 Å². The number of aromatic nitrogens is 2. The molecule has 0 saturated heterocycles. The fourth-order valence-corrected chi connectivity index (χ4v) is 1.71. The van der Waals surface area contributed by atoms with Crippen LogP contribution in [0.5, 0.6) is 0 Å². The summed E-state index contributed by atoms with van der Waals surface area (Å²) in [5.74, 6) is -0.576. The van der Waals surface area contributed by atoms with Gasteiger partial charge in [-0.2, -0.15) is 0 Å². The Hall–Kier alpha value is -2.43. The summed E-state index contributed by atoms with van der Waals surface area (Å²) in [5.41, 5.74) is 2.13. The van der Waals surface area contributed by atoms with E-state index >= 15 is 0 Å². The third-order valence-corrected chi connectivity index (χ3v) is 2.92. The summed E-state index contributed by atoms with van der Waals surface area (Å²) in [5, 5.41) is 8.91. The average molecular weight is 257 g/mol. The Labute approximate surface area is 111 Å². The van der Waals surface area contributed by atoms with E-state index in [-0.39, 0.29) is 5.69 Å². The van der Waals surface area contributed by atoms with Crippen LogP contribution in [0.2, 0.25) is 0 Å². The third kappa shape index (κ3) is 2.88. The highest BCUT2D eigenvalue weighted by atomic mass is 16.4. The van der Waals surface area contributed by atoms with E-state index in [0.717, 1.165) is 12.1 Å². The number of hydrogen-bond acceptors (Lipinski definition) is 4. The molecule has 0 spiro atoms. The summed E-state index contributed by atoms with van der Waals surface area (Å²) in [6, 6.07) is 8.04. The molecule has 0 aliphatic carbocycles. The van der Waals surface area contributed by atoms with Crippen molar-refractivity contribution >= 4 is 17.5 Å². The van der Waals surface area contributed by atoms with Crippen LogP contribution in [0.15, 0.2) is 36.7 Å². The maximum absolute atomic E-state index is 10.9. The van der Waals surface area contributed by atoms with Gasteiger partial charge in [0.15, 0.2) is 11.5 Å². The van der Waals surface area contributed by atoms with Gasteiger partial charge in [-0.25, -0.2) is 9.78 Å². The molecule has 19 heavy (non-hydrogen) atoms. The van der Waals surface area contributed by atoms with Crippen molar-refractivity contribution in [2.75, 3.05) is 11.9 Å². The highest BCUT2D eigenvalue weighted by molar-refractivity contribution is 5.85. The summed E-state index contributed by atoms with van der Waals surface area (Å²) >= 11 is 0. The Morgan fingerprint density at radius 3 is 2.53 bits per heavy atom. The molecule has 5 nitrogen and oxygen atoms in total. The van der Waals surface area contributed by atoms with E-state index in [1.165, 1.54) is 11.8 Å². The van der Waals surface area contributed by atoms with Crippen LogP contribution in [0.3, 0.4) is 0 Å². The molecule has 0 aliphatic heterocycles. The maximum atomic E-state index is 10.9. The lowest BCUT2D eigenvalue weighted by Gasteiger charge is -2.18. The van der Waals surface area contributed by atoms with Crippen molar-refractivity contribution in [1.82, 2.24) is 9.97 Å². The number of aromatic carboxylic acids is 1. The molecule has 2 aromatic rings. The van der Waals surface area contributed by atoms with Crippen molar-refractivity contribution in [3.8, 4) is 0 Å². The van der Waals surface area contributed by atoms with E-state index in [1.54, 1.807) is 11.1 Å². The van der Waals surface area contributed by atoms with Gasteiger partial charge in [-0.05, 0) is 24.1 Å². The van der Waals surface area contributed by atoms with Crippen LogP contribution in [0.25, 0.3) is 0 Å². The van der Waals surface area contributed by atoms with Gasteiger partial charge in [-0.3, -0.25) is 4.98 Å². The normalized spacial score (nSPS) is 10.2. The summed E-state index contributed by atoms with van der Waals surface area (Å²) < 4.78 is 0. The lowest BCUT2D eigenvalue weighted by molar-refractivity contribution is 0.0690. The second-order valence-electron chi connectivity index (χ2n) is 4.15. The van der Waals surface area contributed by atoms with Gasteiger partial charge in [0.25, 0.3) is 0 Å². The number of rotatable bonds is 4. The maximum Gasteiger partial charge on any atom is 0.356 e. The van der Waals surface area contributed by atoms with Crippen LogP contribution in [-0.4, -0.2) is 28.1 Å². The van der Waals surface area contributed by atoms with Crippen LogP contribution in [0.4, 0.5) is 11.5 Å². The fraction of sp³-hybridized carbons (Fsp3) is 0.214. The molecule has 1 N–H and O–H groups in total. The quantitative estimate of drug-likeness (QED) is 0.911. The predicted molar refractivity (Wildman–Crippen MR) is 72.9 cm³/mol. The van der Waals surface area contributed by atoms with Crippen LogP contribution >= 0.6 is 0 Å². The largest absolute Gasteiger partial charge is 0.476 e. The molecule has 0 radical (unpaired) electrons. The third-order valence-electron chi connectivity index (χ3n) is 2.92. The lowest BCUT2D eigenvalue weighted by atomic mass is 10.1. The van der Waals surface area contributed by atoms with Gasteiger partial charge in [0.1, 0.15) is 0 Å². The first-order valence-corrected chi connectivity index (χ1v) is 6.00. The number of carbonyl (C=O) groups is 1. The van der Waals surface area contributed by atoms with E-state index in [4.69, 9.17) is 5.11 Å². The molecule has 0 unspecified atom stereocenters. The summed E-state index contributed by atoms with van der Waals surface area (Å²) in [6.45, 7) is 2.10. The monoisotopic (exact) mass is 257 g/mol. The highest BCUT2D eigenvalue weighted by Crippen LogP contribution is 2.21. The minimum Gasteiger partial charge on any atom is -0.476 e. The Kier molecular flexibility index (Phi) is 3.75. The molecule has 0 aliphatic rings. The van der Waals surface area contributed by atoms with Crippen LogP contribution in [0, 0.1) is 0 Å². The molecule has 1 heterocycles. The first-order chi connectivity index (χ1) is 9.11. The zero-order valence-corrected chi connectivity index (χ0v) is 10.9. The smallest absolute Gasteiger partial charge is 0.356 e. The molecule has 0 atom stereocenters. The molecule has 0 bridgehead atoms. The molecular weight excluding hydrogens is 242 g/mol. The Balaban J connectivity index is 2.29. The van der Waals surface area contributed by atoms with Crippen LogP contribution in [-0.2, 0) is 6.42 Å². The second kappa shape index (κ2) is 5.48.